The van der Waals surface area contributed by atoms with Gasteiger partial charge in [0.2, 0.25) is 0 Å². The van der Waals surface area contributed by atoms with Crippen LogP contribution in [0.2, 0.25) is 0 Å². The number of esters is 1. The zero-order chi connectivity index (χ0) is 13.1. The molecular weight excluding hydrogens is 224 g/mol. The van der Waals surface area contributed by atoms with Gasteiger partial charge in [0.05, 0.1) is 0 Å². The first kappa shape index (κ1) is 12.3. The van der Waals surface area contributed by atoms with Gasteiger partial charge >= 0.3 is 5.97 Å². The van der Waals surface area contributed by atoms with Crippen LogP contribution in [0.1, 0.15) is 52.9 Å². The van der Waals surface area contributed by atoms with Crippen molar-refractivity contribution in [3.05, 3.63) is 12.2 Å². The van der Waals surface area contributed by atoms with Crippen LogP contribution < -0.4 is 0 Å². The average Bonchev–Trinajstić information content (AvgIpc) is 2.19. The van der Waals surface area contributed by atoms with Crippen molar-refractivity contribution < 1.29 is 9.53 Å². The number of rotatable bonds is 2. The highest BCUT2D eigenvalue weighted by atomic mass is 16.5. The predicted octanol–water partition coefficient (Wildman–Crippen LogP) is 3.71. The minimum Gasteiger partial charge on any atom is -0.458 e. The van der Waals surface area contributed by atoms with E-state index in [1.54, 1.807) is 6.92 Å². The number of hydrogen-bond acceptors (Lipinski definition) is 2. The molecule has 4 aliphatic rings. The Morgan fingerprint density at radius 3 is 2.56 bits per heavy atom. The van der Waals surface area contributed by atoms with Crippen molar-refractivity contribution >= 4 is 5.97 Å². The third-order valence-corrected chi connectivity index (χ3v) is 5.46. The van der Waals surface area contributed by atoms with E-state index in [0.717, 1.165) is 5.92 Å². The first-order valence-electron chi connectivity index (χ1n) is 7.18. The largest absolute Gasteiger partial charge is 0.458 e. The summed E-state index contributed by atoms with van der Waals surface area (Å²) in [4.78, 5) is 11.8. The molecule has 0 aromatic heterocycles. The molecule has 0 radical (unpaired) electrons. The summed E-state index contributed by atoms with van der Waals surface area (Å²) in [5.41, 5.74) is 1.25. The van der Waals surface area contributed by atoms with Crippen LogP contribution in [0.3, 0.4) is 0 Å². The molecule has 0 spiro atoms. The molecule has 2 nitrogen and oxygen atoms in total. The molecule has 0 heterocycles. The first-order chi connectivity index (χ1) is 8.31. The summed E-state index contributed by atoms with van der Waals surface area (Å²) in [7, 11) is 0. The van der Waals surface area contributed by atoms with Gasteiger partial charge in [0, 0.05) is 11.0 Å². The summed E-state index contributed by atoms with van der Waals surface area (Å²) in [6.07, 6.45) is 6.49. The summed E-state index contributed by atoms with van der Waals surface area (Å²) in [5.74, 6) is 1.26. The second-order valence-electron chi connectivity index (χ2n) is 7.72. The fourth-order valence-corrected chi connectivity index (χ4v) is 5.49. The zero-order valence-corrected chi connectivity index (χ0v) is 11.8. The summed E-state index contributed by atoms with van der Waals surface area (Å²) < 4.78 is 5.80. The molecule has 4 fully saturated rings. The highest BCUT2D eigenvalue weighted by molar-refractivity contribution is 5.87. The molecular formula is C16H24O2. The van der Waals surface area contributed by atoms with Crippen LogP contribution in [-0.2, 0) is 9.53 Å². The predicted molar refractivity (Wildman–Crippen MR) is 71.0 cm³/mol. The van der Waals surface area contributed by atoms with Crippen molar-refractivity contribution in [2.45, 2.75) is 59.0 Å². The molecule has 5 unspecified atom stereocenters. The Bertz CT molecular complexity index is 413. The van der Waals surface area contributed by atoms with E-state index in [1.165, 1.54) is 32.1 Å². The zero-order valence-electron chi connectivity index (χ0n) is 11.8. The molecule has 4 bridgehead atoms. The Labute approximate surface area is 110 Å². The minimum atomic E-state index is -0.196. The van der Waals surface area contributed by atoms with Gasteiger partial charge in [-0.05, 0) is 56.3 Å². The van der Waals surface area contributed by atoms with E-state index in [0.29, 0.717) is 16.9 Å². The van der Waals surface area contributed by atoms with Crippen LogP contribution in [0.4, 0.5) is 0 Å². The number of carbonyl (C=O) groups excluding carboxylic acids is 1. The second-order valence-corrected chi connectivity index (χ2v) is 7.72. The maximum Gasteiger partial charge on any atom is 0.333 e. The molecule has 0 aliphatic heterocycles. The third kappa shape index (κ3) is 1.72. The minimum absolute atomic E-state index is 0.131. The lowest BCUT2D eigenvalue weighted by atomic mass is 9.44. The van der Waals surface area contributed by atoms with Crippen molar-refractivity contribution in [1.82, 2.24) is 0 Å². The van der Waals surface area contributed by atoms with E-state index in [2.05, 4.69) is 20.4 Å². The highest BCUT2D eigenvalue weighted by Gasteiger charge is 2.60. The van der Waals surface area contributed by atoms with E-state index in [1.807, 2.05) is 0 Å². The summed E-state index contributed by atoms with van der Waals surface area (Å²) in [5, 5.41) is 0. The fraction of sp³-hybridized carbons (Fsp3) is 0.812. The molecule has 0 N–H and O–H groups in total. The molecule has 0 amide bonds. The summed E-state index contributed by atoms with van der Waals surface area (Å²) >= 11 is 0. The SMILES string of the molecule is C=C(C)C(=O)OC1C2CC3CC(C)(C2)CC1(C)C3. The molecule has 5 atom stereocenters. The quantitative estimate of drug-likeness (QED) is 0.550. The van der Waals surface area contributed by atoms with E-state index < -0.39 is 0 Å². The first-order valence-corrected chi connectivity index (χ1v) is 7.18. The molecule has 18 heavy (non-hydrogen) atoms. The van der Waals surface area contributed by atoms with Gasteiger partial charge in [-0.3, -0.25) is 0 Å². The standard InChI is InChI=1S/C16H24O2/c1-10(2)14(17)18-13-12-5-11-6-15(3,8-12)9-16(13,4)7-11/h11-13H,1,5-9H2,2-4H3. The lowest BCUT2D eigenvalue weighted by Crippen LogP contribution is -2.59. The Kier molecular flexibility index (Phi) is 2.46. The maximum absolute atomic E-state index is 11.8. The van der Waals surface area contributed by atoms with Gasteiger partial charge in [-0.1, -0.05) is 20.4 Å². The van der Waals surface area contributed by atoms with Crippen molar-refractivity contribution in [3.63, 3.8) is 0 Å². The maximum atomic E-state index is 11.8. The van der Waals surface area contributed by atoms with Crippen molar-refractivity contribution in [2.75, 3.05) is 0 Å². The van der Waals surface area contributed by atoms with E-state index in [-0.39, 0.29) is 17.5 Å². The van der Waals surface area contributed by atoms with E-state index in [9.17, 15) is 4.79 Å². The van der Waals surface area contributed by atoms with Crippen LogP contribution >= 0.6 is 0 Å². The molecule has 0 saturated heterocycles. The van der Waals surface area contributed by atoms with Crippen molar-refractivity contribution in [1.29, 1.82) is 0 Å². The van der Waals surface area contributed by atoms with Crippen molar-refractivity contribution in [3.8, 4) is 0 Å². The van der Waals surface area contributed by atoms with Gasteiger partial charge in [0.1, 0.15) is 6.10 Å². The van der Waals surface area contributed by atoms with Crippen molar-refractivity contribution in [2.24, 2.45) is 22.7 Å². The second kappa shape index (κ2) is 3.61. The molecule has 100 valence electrons. The van der Waals surface area contributed by atoms with Gasteiger partial charge in [-0.2, -0.15) is 0 Å². The van der Waals surface area contributed by atoms with Crippen LogP contribution in [-0.4, -0.2) is 12.1 Å². The Morgan fingerprint density at radius 2 is 2.00 bits per heavy atom. The normalized spacial score (nSPS) is 49.2. The molecule has 4 aliphatic carbocycles. The Balaban J connectivity index is 1.84. The van der Waals surface area contributed by atoms with Crippen LogP contribution in [0.15, 0.2) is 12.2 Å². The third-order valence-electron chi connectivity index (χ3n) is 5.46. The lowest BCUT2D eigenvalue weighted by Gasteiger charge is -2.63. The monoisotopic (exact) mass is 248 g/mol. The van der Waals surface area contributed by atoms with Gasteiger partial charge in [0.15, 0.2) is 0 Å². The topological polar surface area (TPSA) is 26.3 Å². The smallest absolute Gasteiger partial charge is 0.333 e. The number of carbonyl (C=O) groups is 1. The van der Waals surface area contributed by atoms with Crippen LogP contribution in [0.5, 0.6) is 0 Å². The van der Waals surface area contributed by atoms with Gasteiger partial charge in [-0.25, -0.2) is 4.79 Å². The van der Waals surface area contributed by atoms with E-state index >= 15 is 0 Å². The van der Waals surface area contributed by atoms with Gasteiger partial charge in [-0.15, -0.1) is 0 Å². The molecule has 4 rings (SSSR count). The Hall–Kier alpha value is -0.790. The van der Waals surface area contributed by atoms with Crippen LogP contribution in [0.25, 0.3) is 0 Å². The lowest BCUT2D eigenvalue weighted by molar-refractivity contribution is -0.201. The Morgan fingerprint density at radius 1 is 1.28 bits per heavy atom. The summed E-state index contributed by atoms with van der Waals surface area (Å²) in [6.45, 7) is 10.2. The number of hydrogen-bond donors (Lipinski definition) is 0. The molecule has 0 aromatic rings. The van der Waals surface area contributed by atoms with Gasteiger partial charge in [0.25, 0.3) is 0 Å². The molecule has 0 aromatic carbocycles. The van der Waals surface area contributed by atoms with Crippen LogP contribution in [0, 0.1) is 22.7 Å². The number of ether oxygens (including phenoxy) is 1. The highest BCUT2D eigenvalue weighted by Crippen LogP contribution is 2.65. The van der Waals surface area contributed by atoms with E-state index in [4.69, 9.17) is 4.74 Å². The molecule has 2 heteroatoms. The average molecular weight is 248 g/mol. The molecule has 4 saturated carbocycles. The van der Waals surface area contributed by atoms with Gasteiger partial charge < -0.3 is 4.74 Å². The fourth-order valence-electron chi connectivity index (χ4n) is 5.49. The summed E-state index contributed by atoms with van der Waals surface area (Å²) in [6, 6.07) is 0.